The van der Waals surface area contributed by atoms with E-state index >= 15 is 0 Å². The van der Waals surface area contributed by atoms with Crippen LogP contribution in [0.1, 0.15) is 28.7 Å². The van der Waals surface area contributed by atoms with Gasteiger partial charge < -0.3 is 4.90 Å². The first-order valence-corrected chi connectivity index (χ1v) is 6.30. The van der Waals surface area contributed by atoms with Gasteiger partial charge in [-0.15, -0.1) is 5.10 Å². The van der Waals surface area contributed by atoms with Crippen molar-refractivity contribution in [2.24, 2.45) is 0 Å². The Labute approximate surface area is 113 Å². The minimum atomic E-state index is -0.124. The molecular weight excluding hydrogens is 238 g/mol. The monoisotopic (exact) mass is 255 g/mol. The maximum atomic E-state index is 12.4. The van der Waals surface area contributed by atoms with E-state index in [-0.39, 0.29) is 5.91 Å². The van der Waals surface area contributed by atoms with Crippen LogP contribution in [0.3, 0.4) is 0 Å². The Morgan fingerprint density at radius 1 is 1.16 bits per heavy atom. The van der Waals surface area contributed by atoms with Crippen molar-refractivity contribution < 1.29 is 4.79 Å². The second-order valence-corrected chi connectivity index (χ2v) is 4.45. The van der Waals surface area contributed by atoms with Gasteiger partial charge in [-0.25, -0.2) is 0 Å². The van der Waals surface area contributed by atoms with Gasteiger partial charge in [0.05, 0.1) is 5.69 Å². The van der Waals surface area contributed by atoms with Crippen LogP contribution in [-0.2, 0) is 0 Å². The van der Waals surface area contributed by atoms with E-state index in [0.717, 1.165) is 16.9 Å². The van der Waals surface area contributed by atoms with E-state index in [9.17, 15) is 4.79 Å². The molecule has 0 bridgehead atoms. The zero-order chi connectivity index (χ0) is 13.8. The van der Waals surface area contributed by atoms with Crippen LogP contribution >= 0.6 is 0 Å². The molecule has 0 unspecified atom stereocenters. The van der Waals surface area contributed by atoms with Crippen molar-refractivity contribution in [2.45, 2.75) is 20.8 Å². The molecule has 0 N–H and O–H groups in total. The summed E-state index contributed by atoms with van der Waals surface area (Å²) in [6.07, 6.45) is 0. The van der Waals surface area contributed by atoms with E-state index in [0.29, 0.717) is 12.2 Å². The van der Waals surface area contributed by atoms with Crippen molar-refractivity contribution in [1.82, 2.24) is 10.2 Å². The van der Waals surface area contributed by atoms with Crippen molar-refractivity contribution in [3.63, 3.8) is 0 Å². The summed E-state index contributed by atoms with van der Waals surface area (Å²) in [5.74, 6) is -0.124. The third kappa shape index (κ3) is 2.96. The predicted octanol–water partition coefficient (Wildman–Crippen LogP) is 2.76. The van der Waals surface area contributed by atoms with E-state index in [1.54, 1.807) is 17.0 Å². The highest BCUT2D eigenvalue weighted by Crippen LogP contribution is 2.17. The summed E-state index contributed by atoms with van der Waals surface area (Å²) in [6.45, 7) is 6.40. The van der Waals surface area contributed by atoms with Crippen molar-refractivity contribution in [3.05, 3.63) is 53.3 Å². The topological polar surface area (TPSA) is 46.1 Å². The number of aromatic nitrogens is 2. The summed E-state index contributed by atoms with van der Waals surface area (Å²) in [5, 5.41) is 7.88. The normalized spacial score (nSPS) is 10.3. The first kappa shape index (κ1) is 13.2. The first-order valence-electron chi connectivity index (χ1n) is 6.30. The molecule has 19 heavy (non-hydrogen) atoms. The summed E-state index contributed by atoms with van der Waals surface area (Å²) in [7, 11) is 0. The second kappa shape index (κ2) is 5.61. The predicted molar refractivity (Wildman–Crippen MR) is 75.3 cm³/mol. The maximum Gasteiger partial charge on any atom is 0.278 e. The van der Waals surface area contributed by atoms with Crippen molar-refractivity contribution >= 4 is 11.6 Å². The summed E-state index contributed by atoms with van der Waals surface area (Å²) >= 11 is 0. The average Bonchev–Trinajstić information content (AvgIpc) is 2.40. The molecule has 0 spiro atoms. The van der Waals surface area contributed by atoms with Gasteiger partial charge in [0.1, 0.15) is 0 Å². The molecule has 0 saturated carbocycles. The number of anilines is 1. The molecule has 0 saturated heterocycles. The van der Waals surface area contributed by atoms with Crippen LogP contribution in [0, 0.1) is 13.8 Å². The van der Waals surface area contributed by atoms with Crippen LogP contribution in [0.25, 0.3) is 0 Å². The number of hydrogen-bond donors (Lipinski definition) is 0. The molecule has 0 fully saturated rings. The molecule has 4 nitrogen and oxygen atoms in total. The molecule has 2 rings (SSSR count). The van der Waals surface area contributed by atoms with Gasteiger partial charge in [0.25, 0.3) is 5.91 Å². The van der Waals surface area contributed by atoms with E-state index in [1.807, 2.05) is 45.0 Å². The van der Waals surface area contributed by atoms with Gasteiger partial charge in [0.15, 0.2) is 5.69 Å². The van der Waals surface area contributed by atoms with E-state index in [2.05, 4.69) is 10.2 Å². The fourth-order valence-corrected chi connectivity index (χ4v) is 1.89. The minimum absolute atomic E-state index is 0.124. The van der Waals surface area contributed by atoms with Crippen LogP contribution in [0.4, 0.5) is 5.69 Å². The van der Waals surface area contributed by atoms with Gasteiger partial charge in [0.2, 0.25) is 0 Å². The Morgan fingerprint density at radius 2 is 1.95 bits per heavy atom. The van der Waals surface area contributed by atoms with E-state index in [1.165, 1.54) is 0 Å². The summed E-state index contributed by atoms with van der Waals surface area (Å²) in [5.41, 5.74) is 3.18. The molecule has 1 amide bonds. The maximum absolute atomic E-state index is 12.4. The Morgan fingerprint density at radius 3 is 2.53 bits per heavy atom. The van der Waals surface area contributed by atoms with Gasteiger partial charge >= 0.3 is 0 Å². The number of nitrogens with zero attached hydrogens (tertiary/aromatic N) is 3. The van der Waals surface area contributed by atoms with Gasteiger partial charge in [-0.2, -0.15) is 5.10 Å². The smallest absolute Gasteiger partial charge is 0.278 e. The first-order chi connectivity index (χ1) is 9.11. The SMILES string of the molecule is CCN(C(=O)c1ccc(C)nn1)c1cccc(C)c1. The number of carbonyl (C=O) groups is 1. The van der Waals surface area contributed by atoms with Crippen molar-refractivity contribution in [2.75, 3.05) is 11.4 Å². The van der Waals surface area contributed by atoms with Gasteiger partial charge in [-0.1, -0.05) is 12.1 Å². The van der Waals surface area contributed by atoms with Crippen LogP contribution in [0.2, 0.25) is 0 Å². The molecule has 1 aromatic heterocycles. The summed E-state index contributed by atoms with van der Waals surface area (Å²) in [6, 6.07) is 11.4. The van der Waals surface area contributed by atoms with Crippen LogP contribution in [-0.4, -0.2) is 22.6 Å². The number of aryl methyl sites for hydroxylation is 2. The lowest BCUT2D eigenvalue weighted by molar-refractivity contribution is 0.0982. The highest BCUT2D eigenvalue weighted by Gasteiger charge is 2.17. The average molecular weight is 255 g/mol. The van der Waals surface area contributed by atoms with Crippen LogP contribution < -0.4 is 4.90 Å². The molecule has 98 valence electrons. The Bertz CT molecular complexity index is 578. The standard InChI is InChI=1S/C15H17N3O/c1-4-18(13-7-5-6-11(2)10-13)15(19)14-9-8-12(3)16-17-14/h5-10H,4H2,1-3H3. The largest absolute Gasteiger partial charge is 0.307 e. The Kier molecular flexibility index (Phi) is 3.90. The molecule has 4 heteroatoms. The van der Waals surface area contributed by atoms with Gasteiger partial charge in [0, 0.05) is 12.2 Å². The third-order valence-corrected chi connectivity index (χ3v) is 2.89. The minimum Gasteiger partial charge on any atom is -0.307 e. The number of amides is 1. The quantitative estimate of drug-likeness (QED) is 0.847. The van der Waals surface area contributed by atoms with E-state index < -0.39 is 0 Å². The van der Waals surface area contributed by atoms with Crippen LogP contribution in [0.15, 0.2) is 36.4 Å². The van der Waals surface area contributed by atoms with Crippen molar-refractivity contribution in [1.29, 1.82) is 0 Å². The lowest BCUT2D eigenvalue weighted by atomic mass is 10.2. The molecule has 2 aromatic rings. The highest BCUT2D eigenvalue weighted by atomic mass is 16.2. The molecule has 0 radical (unpaired) electrons. The molecular formula is C15H17N3O. The Balaban J connectivity index is 2.31. The number of benzene rings is 1. The zero-order valence-electron chi connectivity index (χ0n) is 11.4. The fraction of sp³-hybridized carbons (Fsp3) is 0.267. The summed E-state index contributed by atoms with van der Waals surface area (Å²) in [4.78, 5) is 14.1. The molecule has 1 heterocycles. The second-order valence-electron chi connectivity index (χ2n) is 4.45. The zero-order valence-corrected chi connectivity index (χ0v) is 11.4. The highest BCUT2D eigenvalue weighted by molar-refractivity contribution is 6.04. The number of hydrogen-bond acceptors (Lipinski definition) is 3. The molecule has 0 aliphatic rings. The van der Waals surface area contributed by atoms with Gasteiger partial charge in [-0.3, -0.25) is 4.79 Å². The molecule has 0 atom stereocenters. The lowest BCUT2D eigenvalue weighted by Gasteiger charge is -2.20. The summed E-state index contributed by atoms with van der Waals surface area (Å²) < 4.78 is 0. The number of rotatable bonds is 3. The van der Waals surface area contributed by atoms with Crippen molar-refractivity contribution in [3.8, 4) is 0 Å². The third-order valence-electron chi connectivity index (χ3n) is 2.89. The number of carbonyl (C=O) groups excluding carboxylic acids is 1. The lowest BCUT2D eigenvalue weighted by Crippen LogP contribution is -2.31. The van der Waals surface area contributed by atoms with Gasteiger partial charge in [-0.05, 0) is 50.6 Å². The van der Waals surface area contributed by atoms with Crippen LogP contribution in [0.5, 0.6) is 0 Å². The molecule has 0 aliphatic carbocycles. The molecule has 0 aliphatic heterocycles. The van der Waals surface area contributed by atoms with E-state index in [4.69, 9.17) is 0 Å². The molecule has 1 aromatic carbocycles. The fourth-order valence-electron chi connectivity index (χ4n) is 1.89. The Hall–Kier alpha value is -2.23.